The van der Waals surface area contributed by atoms with Crippen LogP contribution in [0.2, 0.25) is 0 Å². The van der Waals surface area contributed by atoms with Crippen molar-refractivity contribution in [2.75, 3.05) is 0 Å². The number of rotatable bonds is 0. The van der Waals surface area contributed by atoms with Gasteiger partial charge in [-0.05, 0) is 13.0 Å². The summed E-state index contributed by atoms with van der Waals surface area (Å²) in [7, 11) is 0. The molecule has 2 rings (SSSR count). The molecular formula is C14H20O. The van der Waals surface area contributed by atoms with Gasteiger partial charge in [0.1, 0.15) is 11.4 Å². The van der Waals surface area contributed by atoms with Crippen molar-refractivity contribution in [1.29, 1.82) is 0 Å². The third-order valence-corrected chi connectivity index (χ3v) is 4.02. The average Bonchev–Trinajstić information content (AvgIpc) is 2.40. The monoisotopic (exact) mass is 204 g/mol. The molecule has 1 aliphatic heterocycles. The lowest BCUT2D eigenvalue weighted by atomic mass is 9.70. The summed E-state index contributed by atoms with van der Waals surface area (Å²) in [5.41, 5.74) is 1.39. The SMILES string of the molecule is CC1c2ccccc2OC1(C)C(C)(C)C. The van der Waals surface area contributed by atoms with Gasteiger partial charge in [-0.15, -0.1) is 0 Å². The van der Waals surface area contributed by atoms with Gasteiger partial charge in [-0.25, -0.2) is 0 Å². The van der Waals surface area contributed by atoms with Gasteiger partial charge in [-0.3, -0.25) is 0 Å². The van der Waals surface area contributed by atoms with Gasteiger partial charge in [0.15, 0.2) is 0 Å². The first kappa shape index (κ1) is 10.5. The quantitative estimate of drug-likeness (QED) is 0.621. The molecule has 1 aromatic rings. The van der Waals surface area contributed by atoms with Gasteiger partial charge in [0.2, 0.25) is 0 Å². The third-order valence-electron chi connectivity index (χ3n) is 4.02. The van der Waals surface area contributed by atoms with Gasteiger partial charge in [0.05, 0.1) is 0 Å². The first-order chi connectivity index (χ1) is 6.86. The Morgan fingerprint density at radius 2 is 1.80 bits per heavy atom. The van der Waals surface area contributed by atoms with E-state index in [1.54, 1.807) is 0 Å². The van der Waals surface area contributed by atoms with Crippen molar-refractivity contribution in [3.8, 4) is 5.75 Å². The molecule has 0 N–H and O–H groups in total. The highest BCUT2D eigenvalue weighted by Gasteiger charge is 2.49. The van der Waals surface area contributed by atoms with Crippen molar-refractivity contribution < 1.29 is 4.74 Å². The van der Waals surface area contributed by atoms with Gasteiger partial charge in [-0.2, -0.15) is 0 Å². The van der Waals surface area contributed by atoms with Crippen molar-refractivity contribution in [1.82, 2.24) is 0 Å². The van der Waals surface area contributed by atoms with Gasteiger partial charge in [0, 0.05) is 16.9 Å². The lowest BCUT2D eigenvalue weighted by molar-refractivity contribution is -0.0142. The Kier molecular flexibility index (Phi) is 2.11. The predicted octanol–water partition coefficient (Wildman–Crippen LogP) is 3.99. The minimum atomic E-state index is -0.101. The second-order valence-electron chi connectivity index (χ2n) is 5.72. The average molecular weight is 204 g/mol. The fraction of sp³-hybridized carbons (Fsp3) is 0.571. The predicted molar refractivity (Wildman–Crippen MR) is 63.3 cm³/mol. The van der Waals surface area contributed by atoms with Crippen molar-refractivity contribution >= 4 is 0 Å². The van der Waals surface area contributed by atoms with E-state index < -0.39 is 0 Å². The van der Waals surface area contributed by atoms with Crippen molar-refractivity contribution in [3.63, 3.8) is 0 Å². The molecule has 0 radical (unpaired) electrons. The van der Waals surface area contributed by atoms with E-state index in [1.165, 1.54) is 5.56 Å². The normalized spacial score (nSPS) is 29.8. The number of hydrogen-bond donors (Lipinski definition) is 0. The summed E-state index contributed by atoms with van der Waals surface area (Å²) in [5.74, 6) is 1.51. The third kappa shape index (κ3) is 1.37. The highest BCUT2D eigenvalue weighted by Crippen LogP contribution is 2.51. The van der Waals surface area contributed by atoms with Crippen LogP contribution in [0.15, 0.2) is 24.3 Å². The number of hydrogen-bond acceptors (Lipinski definition) is 1. The van der Waals surface area contributed by atoms with Crippen LogP contribution in [-0.2, 0) is 0 Å². The van der Waals surface area contributed by atoms with Crippen LogP contribution >= 0.6 is 0 Å². The molecule has 0 fully saturated rings. The molecule has 82 valence electrons. The lowest BCUT2D eigenvalue weighted by Crippen LogP contribution is -2.46. The van der Waals surface area contributed by atoms with E-state index in [0.29, 0.717) is 5.92 Å². The molecule has 2 atom stereocenters. The Morgan fingerprint density at radius 3 is 2.33 bits per heavy atom. The fourth-order valence-corrected chi connectivity index (χ4v) is 2.35. The van der Waals surface area contributed by atoms with E-state index in [2.05, 4.69) is 52.8 Å². The molecule has 1 nitrogen and oxygen atoms in total. The molecular weight excluding hydrogens is 184 g/mol. The lowest BCUT2D eigenvalue weighted by Gasteiger charge is -2.41. The van der Waals surface area contributed by atoms with Crippen LogP contribution in [0.3, 0.4) is 0 Å². The zero-order valence-electron chi connectivity index (χ0n) is 10.3. The maximum atomic E-state index is 6.17. The second-order valence-corrected chi connectivity index (χ2v) is 5.72. The Balaban J connectivity index is 2.47. The Morgan fingerprint density at radius 1 is 1.20 bits per heavy atom. The van der Waals surface area contributed by atoms with E-state index in [9.17, 15) is 0 Å². The summed E-state index contributed by atoms with van der Waals surface area (Å²) in [6.45, 7) is 11.2. The summed E-state index contributed by atoms with van der Waals surface area (Å²) in [4.78, 5) is 0. The number of ether oxygens (including phenoxy) is 1. The maximum Gasteiger partial charge on any atom is 0.123 e. The minimum Gasteiger partial charge on any atom is -0.486 e. The molecule has 2 unspecified atom stereocenters. The van der Waals surface area contributed by atoms with E-state index in [1.807, 2.05) is 6.07 Å². The van der Waals surface area contributed by atoms with Crippen molar-refractivity contribution in [2.24, 2.45) is 5.41 Å². The number of fused-ring (bicyclic) bond motifs is 1. The summed E-state index contributed by atoms with van der Waals surface area (Å²) in [6.07, 6.45) is 0. The molecule has 1 heteroatoms. The van der Waals surface area contributed by atoms with Crippen LogP contribution < -0.4 is 4.74 Å². The largest absolute Gasteiger partial charge is 0.486 e. The summed E-state index contributed by atoms with van der Waals surface area (Å²) < 4.78 is 6.17. The molecule has 0 saturated carbocycles. The fourth-order valence-electron chi connectivity index (χ4n) is 2.35. The number of benzene rings is 1. The van der Waals surface area contributed by atoms with Crippen molar-refractivity contribution in [2.45, 2.75) is 46.1 Å². The maximum absolute atomic E-state index is 6.17. The van der Waals surface area contributed by atoms with Crippen LogP contribution in [0.25, 0.3) is 0 Å². The molecule has 1 heterocycles. The van der Waals surface area contributed by atoms with Crippen LogP contribution in [0.4, 0.5) is 0 Å². The van der Waals surface area contributed by atoms with E-state index in [0.717, 1.165) is 5.75 Å². The molecule has 1 aliphatic rings. The standard InChI is InChI=1S/C14H20O/c1-10-11-8-6-7-9-12(11)15-14(10,5)13(2,3)4/h6-10H,1-5H3. The Hall–Kier alpha value is -0.980. The van der Waals surface area contributed by atoms with Crippen LogP contribution in [0.5, 0.6) is 5.75 Å². The zero-order valence-corrected chi connectivity index (χ0v) is 10.3. The van der Waals surface area contributed by atoms with Gasteiger partial charge in [-0.1, -0.05) is 45.9 Å². The highest BCUT2D eigenvalue weighted by atomic mass is 16.5. The molecule has 0 aromatic heterocycles. The first-order valence-electron chi connectivity index (χ1n) is 5.64. The van der Waals surface area contributed by atoms with E-state index >= 15 is 0 Å². The Labute approximate surface area is 92.5 Å². The van der Waals surface area contributed by atoms with E-state index in [-0.39, 0.29) is 11.0 Å². The Bertz CT molecular complexity index is 375. The first-order valence-corrected chi connectivity index (χ1v) is 5.64. The van der Waals surface area contributed by atoms with Gasteiger partial charge >= 0.3 is 0 Å². The topological polar surface area (TPSA) is 9.23 Å². The molecule has 0 aliphatic carbocycles. The summed E-state index contributed by atoms with van der Waals surface area (Å²) >= 11 is 0. The minimum absolute atomic E-state index is 0.101. The van der Waals surface area contributed by atoms with E-state index in [4.69, 9.17) is 4.74 Å². The van der Waals surface area contributed by atoms with Crippen LogP contribution in [-0.4, -0.2) is 5.60 Å². The van der Waals surface area contributed by atoms with Gasteiger partial charge < -0.3 is 4.74 Å². The van der Waals surface area contributed by atoms with Crippen LogP contribution in [0, 0.1) is 5.41 Å². The molecule has 0 spiro atoms. The number of para-hydroxylation sites is 1. The summed E-state index contributed by atoms with van der Waals surface area (Å²) in [6, 6.07) is 8.38. The molecule has 15 heavy (non-hydrogen) atoms. The second kappa shape index (κ2) is 3.01. The van der Waals surface area contributed by atoms with Crippen molar-refractivity contribution in [3.05, 3.63) is 29.8 Å². The smallest absolute Gasteiger partial charge is 0.123 e. The van der Waals surface area contributed by atoms with Gasteiger partial charge in [0.25, 0.3) is 0 Å². The van der Waals surface area contributed by atoms with Crippen LogP contribution in [0.1, 0.15) is 46.1 Å². The highest BCUT2D eigenvalue weighted by molar-refractivity contribution is 5.43. The molecule has 0 saturated heterocycles. The molecule has 0 amide bonds. The molecule has 0 bridgehead atoms. The zero-order chi connectivity index (χ0) is 11.3. The summed E-state index contributed by atoms with van der Waals surface area (Å²) in [5, 5.41) is 0. The molecule has 1 aromatic carbocycles.